The summed E-state index contributed by atoms with van der Waals surface area (Å²) in [6.45, 7) is 0.373. The van der Waals surface area contributed by atoms with Crippen molar-refractivity contribution in [2.24, 2.45) is 0 Å². The van der Waals surface area contributed by atoms with E-state index in [1.807, 2.05) is 6.07 Å². The topological polar surface area (TPSA) is 46.2 Å². The molecule has 0 fully saturated rings. The lowest BCUT2D eigenvalue weighted by Gasteiger charge is -2.07. The Kier molecular flexibility index (Phi) is 4.43. The van der Waals surface area contributed by atoms with Crippen LogP contribution in [-0.4, -0.2) is 27.0 Å². The van der Waals surface area contributed by atoms with Crippen LogP contribution in [0.25, 0.3) is 0 Å². The fraction of sp³-hybridized carbons (Fsp3) is 0.333. The summed E-state index contributed by atoms with van der Waals surface area (Å²) in [5.74, 6) is 0.103. The van der Waals surface area contributed by atoms with Crippen LogP contribution in [0.15, 0.2) is 22.7 Å². The van der Waals surface area contributed by atoms with Gasteiger partial charge in [-0.3, -0.25) is 0 Å². The highest BCUT2D eigenvalue weighted by molar-refractivity contribution is 9.10. The van der Waals surface area contributed by atoms with Gasteiger partial charge in [-0.2, -0.15) is 0 Å². The van der Waals surface area contributed by atoms with Gasteiger partial charge in [-0.05, 0) is 34.1 Å². The van der Waals surface area contributed by atoms with Crippen molar-refractivity contribution in [3.05, 3.63) is 27.7 Å². The Labute approximate surface area is 103 Å². The molecule has 0 amide bonds. The smallest absolute Gasteiger partial charge is 0.149 e. The number of hydrogen-bond donors (Lipinski definition) is 1. The fourth-order valence-corrected chi connectivity index (χ4v) is 2.04. The summed E-state index contributed by atoms with van der Waals surface area (Å²) < 4.78 is 22.7. The van der Waals surface area contributed by atoms with Crippen LogP contribution in [0.3, 0.4) is 0 Å². The molecule has 0 saturated carbocycles. The SMILES string of the molecule is CS(=O)(=O)CCNc1cc(Cl)ccc1Br. The highest BCUT2D eigenvalue weighted by Gasteiger charge is 2.03. The van der Waals surface area contributed by atoms with Crippen LogP contribution in [0.4, 0.5) is 5.69 Å². The molecular formula is C9H11BrClNO2S. The third-order valence-electron chi connectivity index (χ3n) is 1.72. The minimum Gasteiger partial charge on any atom is -0.383 e. The van der Waals surface area contributed by atoms with Crippen LogP contribution in [0.2, 0.25) is 5.02 Å². The minimum absolute atomic E-state index is 0.103. The van der Waals surface area contributed by atoms with Crippen molar-refractivity contribution in [1.29, 1.82) is 0 Å². The van der Waals surface area contributed by atoms with E-state index in [4.69, 9.17) is 11.6 Å². The van der Waals surface area contributed by atoms with Gasteiger partial charge in [0.15, 0.2) is 0 Å². The van der Waals surface area contributed by atoms with Crippen LogP contribution in [0.1, 0.15) is 0 Å². The second-order valence-corrected chi connectivity index (χ2v) is 6.73. The molecule has 1 N–H and O–H groups in total. The highest BCUT2D eigenvalue weighted by Crippen LogP contribution is 2.25. The summed E-state index contributed by atoms with van der Waals surface area (Å²) in [6, 6.07) is 5.31. The first kappa shape index (κ1) is 12.8. The van der Waals surface area contributed by atoms with Gasteiger partial charge in [0.05, 0.1) is 5.75 Å². The van der Waals surface area contributed by atoms with Crippen molar-refractivity contribution in [2.45, 2.75) is 0 Å². The van der Waals surface area contributed by atoms with Gasteiger partial charge in [-0.25, -0.2) is 8.42 Å². The minimum atomic E-state index is -2.93. The molecule has 0 aliphatic rings. The molecule has 6 heteroatoms. The maximum Gasteiger partial charge on any atom is 0.149 e. The Balaban J connectivity index is 2.61. The van der Waals surface area contributed by atoms with Crippen LogP contribution in [0, 0.1) is 0 Å². The fourth-order valence-electron chi connectivity index (χ4n) is 1.00. The average molecular weight is 313 g/mol. The average Bonchev–Trinajstić information content (AvgIpc) is 2.09. The predicted octanol–water partition coefficient (Wildman–Crippen LogP) is 2.56. The van der Waals surface area contributed by atoms with Gasteiger partial charge in [0.25, 0.3) is 0 Å². The molecule has 3 nitrogen and oxygen atoms in total. The van der Waals surface area contributed by atoms with Crippen molar-refractivity contribution in [2.75, 3.05) is 23.9 Å². The maximum atomic E-state index is 10.9. The van der Waals surface area contributed by atoms with Crippen LogP contribution in [-0.2, 0) is 9.84 Å². The second-order valence-electron chi connectivity index (χ2n) is 3.18. The third kappa shape index (κ3) is 4.86. The normalized spacial score (nSPS) is 11.4. The number of rotatable bonds is 4. The van der Waals surface area contributed by atoms with Gasteiger partial charge in [-0.15, -0.1) is 0 Å². The second kappa shape index (κ2) is 5.18. The number of hydrogen-bond acceptors (Lipinski definition) is 3. The Morgan fingerprint density at radius 3 is 2.73 bits per heavy atom. The Morgan fingerprint density at radius 1 is 1.47 bits per heavy atom. The van der Waals surface area contributed by atoms with E-state index in [1.165, 1.54) is 6.26 Å². The summed E-state index contributed by atoms with van der Waals surface area (Å²) in [4.78, 5) is 0. The summed E-state index contributed by atoms with van der Waals surface area (Å²) in [7, 11) is -2.93. The van der Waals surface area contributed by atoms with E-state index >= 15 is 0 Å². The molecule has 0 aliphatic heterocycles. The number of halogens is 2. The van der Waals surface area contributed by atoms with E-state index in [0.717, 1.165) is 10.2 Å². The Bertz CT molecular complexity index is 447. The van der Waals surface area contributed by atoms with Gasteiger partial charge in [0.1, 0.15) is 9.84 Å². The maximum absolute atomic E-state index is 10.9. The molecule has 0 saturated heterocycles. The lowest BCUT2D eigenvalue weighted by Crippen LogP contribution is -2.14. The third-order valence-corrected chi connectivity index (χ3v) is 3.59. The Hall–Kier alpha value is -0.260. The molecule has 0 bridgehead atoms. The Morgan fingerprint density at radius 2 is 2.13 bits per heavy atom. The van der Waals surface area contributed by atoms with E-state index in [-0.39, 0.29) is 5.75 Å². The number of nitrogens with one attached hydrogen (secondary N) is 1. The lowest BCUT2D eigenvalue weighted by molar-refractivity contribution is 0.602. The van der Waals surface area contributed by atoms with Crippen molar-refractivity contribution in [3.8, 4) is 0 Å². The molecule has 0 atom stereocenters. The molecule has 0 aromatic heterocycles. The van der Waals surface area contributed by atoms with Crippen molar-refractivity contribution in [1.82, 2.24) is 0 Å². The first-order chi connectivity index (χ1) is 6.88. The van der Waals surface area contributed by atoms with Crippen LogP contribution in [0.5, 0.6) is 0 Å². The van der Waals surface area contributed by atoms with Crippen LogP contribution >= 0.6 is 27.5 Å². The number of benzene rings is 1. The summed E-state index contributed by atoms with van der Waals surface area (Å²) >= 11 is 9.15. The van der Waals surface area contributed by atoms with Gasteiger partial charge in [-0.1, -0.05) is 11.6 Å². The molecule has 15 heavy (non-hydrogen) atoms. The van der Waals surface area contributed by atoms with Crippen LogP contribution < -0.4 is 5.32 Å². The standard InChI is InChI=1S/C9H11BrClNO2S/c1-15(13,14)5-4-12-9-6-7(11)2-3-8(9)10/h2-3,6,12H,4-5H2,1H3. The number of anilines is 1. The monoisotopic (exact) mass is 311 g/mol. The highest BCUT2D eigenvalue weighted by atomic mass is 79.9. The molecule has 0 spiro atoms. The molecule has 84 valence electrons. The van der Waals surface area contributed by atoms with E-state index in [0.29, 0.717) is 11.6 Å². The largest absolute Gasteiger partial charge is 0.383 e. The molecule has 1 aromatic carbocycles. The first-order valence-electron chi connectivity index (χ1n) is 4.25. The lowest BCUT2D eigenvalue weighted by atomic mass is 10.3. The predicted molar refractivity (Wildman–Crippen MR) is 67.4 cm³/mol. The van der Waals surface area contributed by atoms with Gasteiger partial charge < -0.3 is 5.32 Å². The summed E-state index contributed by atoms with van der Waals surface area (Å²) in [6.07, 6.45) is 1.21. The molecule has 0 unspecified atom stereocenters. The van der Waals surface area contributed by atoms with E-state index in [9.17, 15) is 8.42 Å². The van der Waals surface area contributed by atoms with Crippen molar-refractivity contribution in [3.63, 3.8) is 0 Å². The van der Waals surface area contributed by atoms with E-state index < -0.39 is 9.84 Å². The molecular weight excluding hydrogens is 302 g/mol. The zero-order valence-electron chi connectivity index (χ0n) is 8.13. The molecule has 0 radical (unpaired) electrons. The molecule has 1 rings (SSSR count). The zero-order valence-corrected chi connectivity index (χ0v) is 11.3. The van der Waals surface area contributed by atoms with E-state index in [2.05, 4.69) is 21.2 Å². The molecule has 1 aromatic rings. The zero-order chi connectivity index (χ0) is 11.5. The van der Waals surface area contributed by atoms with Crippen molar-refractivity contribution < 1.29 is 8.42 Å². The van der Waals surface area contributed by atoms with Crippen molar-refractivity contribution >= 4 is 43.1 Å². The number of sulfone groups is 1. The summed E-state index contributed by atoms with van der Waals surface area (Å²) in [5.41, 5.74) is 0.797. The molecule has 0 aliphatic carbocycles. The van der Waals surface area contributed by atoms with Gasteiger partial charge in [0, 0.05) is 28.0 Å². The van der Waals surface area contributed by atoms with E-state index in [1.54, 1.807) is 12.1 Å². The first-order valence-corrected chi connectivity index (χ1v) is 7.48. The quantitative estimate of drug-likeness (QED) is 0.929. The van der Waals surface area contributed by atoms with Gasteiger partial charge >= 0.3 is 0 Å². The summed E-state index contributed by atoms with van der Waals surface area (Å²) in [5, 5.41) is 3.61. The van der Waals surface area contributed by atoms with Gasteiger partial charge in [0.2, 0.25) is 0 Å². The molecule has 0 heterocycles.